The first-order chi connectivity index (χ1) is 14.6. The molecule has 3 aromatic rings. The van der Waals surface area contributed by atoms with Crippen LogP contribution in [0, 0.1) is 5.41 Å². The zero-order chi connectivity index (χ0) is 22.8. The molecule has 31 heavy (non-hydrogen) atoms. The number of aromatic nitrogens is 1. The Morgan fingerprint density at radius 3 is 2.52 bits per heavy atom. The zero-order valence-corrected chi connectivity index (χ0v) is 18.5. The second-order valence-corrected chi connectivity index (χ2v) is 9.20. The van der Waals surface area contributed by atoms with Crippen LogP contribution < -0.4 is 16.0 Å². The molecule has 0 spiro atoms. The third-order valence-electron chi connectivity index (χ3n) is 4.64. The molecule has 2 aromatic carbocycles. The fraction of sp³-hybridized carbons (Fsp3) is 0.190. The van der Waals surface area contributed by atoms with E-state index in [4.69, 9.17) is 22.7 Å². The summed E-state index contributed by atoms with van der Waals surface area (Å²) < 4.78 is 26.8. The van der Waals surface area contributed by atoms with E-state index < -0.39 is 22.1 Å². The van der Waals surface area contributed by atoms with Gasteiger partial charge < -0.3 is 11.1 Å². The van der Waals surface area contributed by atoms with Gasteiger partial charge in [0.15, 0.2) is 0 Å². The van der Waals surface area contributed by atoms with Crippen molar-refractivity contribution in [2.75, 3.05) is 6.26 Å². The second kappa shape index (κ2) is 9.01. The van der Waals surface area contributed by atoms with E-state index in [0.717, 1.165) is 12.5 Å². The Morgan fingerprint density at radius 1 is 1.23 bits per heavy atom. The number of nitrogens with two attached hydrogens (primary N) is 1. The average molecular weight is 460 g/mol. The summed E-state index contributed by atoms with van der Waals surface area (Å²) in [5.74, 6) is -0.0915. The Labute approximate surface area is 184 Å². The first-order valence-corrected chi connectivity index (χ1v) is 11.6. The number of sulfonamides is 1. The second-order valence-electron chi connectivity index (χ2n) is 7.01. The van der Waals surface area contributed by atoms with Gasteiger partial charge in [-0.15, -0.1) is 0 Å². The van der Waals surface area contributed by atoms with E-state index in [2.05, 4.69) is 9.71 Å². The molecule has 4 N–H and O–H groups in total. The van der Waals surface area contributed by atoms with Gasteiger partial charge in [0.05, 0.1) is 28.4 Å². The van der Waals surface area contributed by atoms with E-state index in [1.54, 1.807) is 43.3 Å². The molecule has 0 amide bonds. The SMILES string of the molecule is CC(N=C(N)C(C=N)NS(C)(=O)=O)c1cc2cccc(Cl)c2c(=O)n1-c1ccccc1. The van der Waals surface area contributed by atoms with E-state index in [0.29, 0.717) is 27.2 Å². The zero-order valence-electron chi connectivity index (χ0n) is 16.9. The standard InChI is InChI=1S/C21H22ClN5O3S/c1-13(25-20(24)17(12-23)26-31(2,29)30)18-11-14-7-6-10-16(22)19(14)21(28)27(18)15-8-4-3-5-9-15/h3-13,17,23,26H,1-2H3,(H2,24,25). The molecule has 0 saturated carbocycles. The highest BCUT2D eigenvalue weighted by Crippen LogP contribution is 2.26. The number of benzene rings is 2. The van der Waals surface area contributed by atoms with E-state index >= 15 is 0 Å². The summed E-state index contributed by atoms with van der Waals surface area (Å²) in [6, 6.07) is 14.3. The summed E-state index contributed by atoms with van der Waals surface area (Å²) in [7, 11) is -3.60. The van der Waals surface area contributed by atoms with Crippen molar-refractivity contribution in [2.24, 2.45) is 10.7 Å². The predicted molar refractivity (Wildman–Crippen MR) is 125 cm³/mol. The van der Waals surface area contributed by atoms with Crippen molar-refractivity contribution in [3.63, 3.8) is 0 Å². The summed E-state index contributed by atoms with van der Waals surface area (Å²) in [5.41, 5.74) is 6.86. The quantitative estimate of drug-likeness (QED) is 0.370. The molecule has 0 saturated heterocycles. The number of hydrogen-bond acceptors (Lipinski definition) is 5. The van der Waals surface area contributed by atoms with Crippen LogP contribution in [0.15, 0.2) is 64.4 Å². The van der Waals surface area contributed by atoms with Crippen LogP contribution in [0.1, 0.15) is 18.7 Å². The lowest BCUT2D eigenvalue weighted by atomic mass is 10.1. The average Bonchev–Trinajstić information content (AvgIpc) is 2.71. The van der Waals surface area contributed by atoms with Crippen LogP contribution in [0.2, 0.25) is 5.02 Å². The van der Waals surface area contributed by atoms with Gasteiger partial charge in [0, 0.05) is 11.9 Å². The number of pyridine rings is 1. The van der Waals surface area contributed by atoms with Gasteiger partial charge in [-0.3, -0.25) is 14.4 Å². The number of para-hydroxylation sites is 1. The minimum Gasteiger partial charge on any atom is -0.386 e. The molecule has 0 aliphatic carbocycles. The van der Waals surface area contributed by atoms with Gasteiger partial charge in [0.1, 0.15) is 11.9 Å². The molecule has 0 aliphatic heterocycles. The Balaban J connectivity index is 2.21. The third kappa shape index (κ3) is 5.01. The van der Waals surface area contributed by atoms with Gasteiger partial charge in [-0.25, -0.2) is 8.42 Å². The molecule has 162 valence electrons. The summed E-state index contributed by atoms with van der Waals surface area (Å²) in [4.78, 5) is 17.8. The van der Waals surface area contributed by atoms with E-state index in [-0.39, 0.29) is 11.4 Å². The van der Waals surface area contributed by atoms with Gasteiger partial charge in [0.2, 0.25) is 10.0 Å². The highest BCUT2D eigenvalue weighted by molar-refractivity contribution is 7.88. The Kier molecular flexibility index (Phi) is 6.59. The van der Waals surface area contributed by atoms with Crippen LogP contribution in [0.4, 0.5) is 0 Å². The van der Waals surface area contributed by atoms with Crippen molar-refractivity contribution < 1.29 is 8.42 Å². The van der Waals surface area contributed by atoms with Gasteiger partial charge in [-0.2, -0.15) is 4.72 Å². The minimum absolute atomic E-state index is 0.0915. The number of nitrogens with zero attached hydrogens (tertiary/aromatic N) is 2. The van der Waals surface area contributed by atoms with Gasteiger partial charge in [0.25, 0.3) is 5.56 Å². The van der Waals surface area contributed by atoms with Crippen LogP contribution >= 0.6 is 11.6 Å². The lowest BCUT2D eigenvalue weighted by molar-refractivity contribution is 0.589. The molecular weight excluding hydrogens is 438 g/mol. The van der Waals surface area contributed by atoms with Crippen molar-refractivity contribution in [2.45, 2.75) is 19.0 Å². The molecule has 0 radical (unpaired) electrons. The van der Waals surface area contributed by atoms with E-state index in [1.807, 2.05) is 18.2 Å². The van der Waals surface area contributed by atoms with Crippen LogP contribution in [0.25, 0.3) is 16.5 Å². The molecule has 0 fully saturated rings. The maximum absolute atomic E-state index is 13.4. The molecule has 2 unspecified atom stereocenters. The summed E-state index contributed by atoms with van der Waals surface area (Å²) >= 11 is 6.31. The molecule has 10 heteroatoms. The molecule has 0 aliphatic rings. The van der Waals surface area contributed by atoms with E-state index in [1.165, 1.54) is 4.57 Å². The Hall–Kier alpha value is -3.01. The van der Waals surface area contributed by atoms with Crippen LogP contribution in [0.5, 0.6) is 0 Å². The van der Waals surface area contributed by atoms with Crippen molar-refractivity contribution in [3.8, 4) is 5.69 Å². The largest absolute Gasteiger partial charge is 0.386 e. The summed E-state index contributed by atoms with van der Waals surface area (Å²) in [6.07, 6.45) is 1.83. The number of amidine groups is 1. The molecular formula is C21H22ClN5O3S. The first-order valence-electron chi connectivity index (χ1n) is 9.33. The van der Waals surface area contributed by atoms with Gasteiger partial charge in [-0.05, 0) is 36.6 Å². The van der Waals surface area contributed by atoms with Crippen LogP contribution in [0.3, 0.4) is 0 Å². The normalized spacial score (nSPS) is 14.4. The fourth-order valence-corrected chi connectivity index (χ4v) is 4.18. The number of rotatable bonds is 7. The molecule has 0 bridgehead atoms. The van der Waals surface area contributed by atoms with Crippen molar-refractivity contribution in [1.29, 1.82) is 5.41 Å². The van der Waals surface area contributed by atoms with Crippen molar-refractivity contribution in [3.05, 3.63) is 75.7 Å². The van der Waals surface area contributed by atoms with Crippen molar-refractivity contribution >= 4 is 44.4 Å². The van der Waals surface area contributed by atoms with Crippen LogP contribution in [-0.2, 0) is 10.0 Å². The third-order valence-corrected chi connectivity index (χ3v) is 5.63. The number of halogens is 1. The Bertz CT molecular complexity index is 1320. The lowest BCUT2D eigenvalue weighted by Crippen LogP contribution is -2.45. The maximum Gasteiger partial charge on any atom is 0.264 e. The first kappa shape index (κ1) is 22.7. The number of fused-ring (bicyclic) bond motifs is 1. The van der Waals surface area contributed by atoms with Gasteiger partial charge in [-0.1, -0.05) is 41.9 Å². The Morgan fingerprint density at radius 2 is 1.90 bits per heavy atom. The molecule has 1 aromatic heterocycles. The predicted octanol–water partition coefficient (Wildman–Crippen LogP) is 2.63. The van der Waals surface area contributed by atoms with Crippen molar-refractivity contribution in [1.82, 2.24) is 9.29 Å². The number of nitrogens with one attached hydrogen (secondary N) is 2. The van der Waals surface area contributed by atoms with Crippen LogP contribution in [-0.4, -0.2) is 37.3 Å². The maximum atomic E-state index is 13.4. The molecule has 1 heterocycles. The number of aliphatic imine (C=N–C) groups is 1. The van der Waals surface area contributed by atoms with Gasteiger partial charge >= 0.3 is 0 Å². The topological polar surface area (TPSA) is 130 Å². The molecule has 3 rings (SSSR count). The fourth-order valence-electron chi connectivity index (χ4n) is 3.27. The smallest absolute Gasteiger partial charge is 0.264 e. The minimum atomic E-state index is -3.60. The lowest BCUT2D eigenvalue weighted by Gasteiger charge is -2.19. The summed E-state index contributed by atoms with van der Waals surface area (Å²) in [6.45, 7) is 1.74. The highest BCUT2D eigenvalue weighted by Gasteiger charge is 2.20. The number of hydrogen-bond donors (Lipinski definition) is 3. The molecule has 2 atom stereocenters. The molecule has 8 nitrogen and oxygen atoms in total. The monoisotopic (exact) mass is 459 g/mol. The van der Waals surface area contributed by atoms with E-state index in [9.17, 15) is 13.2 Å². The highest BCUT2D eigenvalue weighted by atomic mass is 35.5. The summed E-state index contributed by atoms with van der Waals surface area (Å²) in [5, 5.41) is 8.86.